The second-order valence-electron chi connectivity index (χ2n) is 3.40. The van der Waals surface area contributed by atoms with Crippen molar-refractivity contribution < 1.29 is 4.42 Å². The Kier molecular flexibility index (Phi) is 4.65. The normalized spacial score (nSPS) is 12.7. The Morgan fingerprint density at radius 2 is 2.06 bits per heavy atom. The van der Waals surface area contributed by atoms with E-state index < -0.39 is 0 Å². The predicted molar refractivity (Wildman–Crippen MR) is 82.4 cm³/mol. The van der Waals surface area contributed by atoms with E-state index in [2.05, 4.69) is 59.9 Å². The van der Waals surface area contributed by atoms with Gasteiger partial charge in [-0.1, -0.05) is 15.9 Å². The first kappa shape index (κ1) is 13.5. The summed E-state index contributed by atoms with van der Waals surface area (Å²) in [7, 11) is 0. The average Bonchev–Trinajstić information content (AvgIpc) is 2.71. The molecule has 1 atom stereocenters. The second-order valence-corrected chi connectivity index (χ2v) is 6.33. The van der Waals surface area contributed by atoms with Crippen LogP contribution in [0.1, 0.15) is 17.4 Å². The van der Waals surface area contributed by atoms with Crippen molar-refractivity contribution >= 4 is 54.5 Å². The van der Waals surface area contributed by atoms with E-state index in [-0.39, 0.29) is 6.04 Å². The molecule has 0 amide bonds. The third-order valence-corrected chi connectivity index (χ3v) is 4.47. The van der Waals surface area contributed by atoms with E-state index in [1.54, 1.807) is 6.26 Å². The lowest BCUT2D eigenvalue weighted by Crippen LogP contribution is -2.29. The van der Waals surface area contributed by atoms with Crippen molar-refractivity contribution in [2.45, 2.75) is 6.04 Å². The number of nitrogens with two attached hydrogens (primary N) is 1. The zero-order valence-corrected chi connectivity index (χ0v) is 13.9. The molecule has 0 aliphatic rings. The summed E-state index contributed by atoms with van der Waals surface area (Å²) >= 11 is 9.18. The van der Waals surface area contributed by atoms with E-state index >= 15 is 0 Å². The van der Waals surface area contributed by atoms with Crippen LogP contribution in [0.2, 0.25) is 0 Å². The first-order valence-corrected chi connectivity index (χ1v) is 7.44. The van der Waals surface area contributed by atoms with Gasteiger partial charge in [0, 0.05) is 8.04 Å². The van der Waals surface area contributed by atoms with Crippen molar-refractivity contribution in [2.75, 3.05) is 0 Å². The maximum absolute atomic E-state index is 5.63. The van der Waals surface area contributed by atoms with Gasteiger partial charge in [-0.05, 0) is 68.3 Å². The summed E-state index contributed by atoms with van der Waals surface area (Å²) in [6.07, 6.45) is 1.63. The topological polar surface area (TPSA) is 51.2 Å². The van der Waals surface area contributed by atoms with E-state index in [1.807, 2.05) is 24.3 Å². The van der Waals surface area contributed by atoms with Gasteiger partial charge in [0.25, 0.3) is 0 Å². The first-order valence-electron chi connectivity index (χ1n) is 4.77. The molecule has 0 aliphatic heterocycles. The number of rotatable bonds is 3. The number of hydrogen-bond acceptors (Lipinski definition) is 3. The Balaban J connectivity index is 2.49. The van der Waals surface area contributed by atoms with Crippen molar-refractivity contribution in [2.24, 2.45) is 5.84 Å². The summed E-state index contributed by atoms with van der Waals surface area (Å²) in [6.45, 7) is 0. The van der Waals surface area contributed by atoms with Gasteiger partial charge >= 0.3 is 0 Å². The SMILES string of the molecule is NNC(c1cc(Br)ccc1I)c1occc1Br. The van der Waals surface area contributed by atoms with Gasteiger partial charge in [0.1, 0.15) is 11.8 Å². The number of halogens is 3. The smallest absolute Gasteiger partial charge is 0.140 e. The molecule has 6 heteroatoms. The van der Waals surface area contributed by atoms with Gasteiger partial charge < -0.3 is 4.42 Å². The molecule has 2 rings (SSSR count). The Morgan fingerprint density at radius 1 is 1.29 bits per heavy atom. The van der Waals surface area contributed by atoms with Crippen molar-refractivity contribution in [1.82, 2.24) is 5.43 Å². The highest BCUT2D eigenvalue weighted by Crippen LogP contribution is 2.32. The lowest BCUT2D eigenvalue weighted by molar-refractivity contribution is 0.449. The van der Waals surface area contributed by atoms with E-state index in [0.717, 1.165) is 23.8 Å². The van der Waals surface area contributed by atoms with Gasteiger partial charge in [-0.2, -0.15) is 0 Å². The zero-order chi connectivity index (χ0) is 12.4. The largest absolute Gasteiger partial charge is 0.466 e. The highest BCUT2D eigenvalue weighted by atomic mass is 127. The van der Waals surface area contributed by atoms with Crippen molar-refractivity contribution in [3.63, 3.8) is 0 Å². The molecule has 2 aromatic rings. The van der Waals surface area contributed by atoms with Gasteiger partial charge in [0.05, 0.1) is 10.7 Å². The quantitative estimate of drug-likeness (QED) is 0.405. The standard InChI is InChI=1S/C11H9Br2IN2O/c12-6-1-2-9(14)7(5-6)10(16-15)11-8(13)3-4-17-11/h1-5,10,16H,15H2. The Labute approximate surface area is 130 Å². The fourth-order valence-electron chi connectivity index (χ4n) is 1.55. The van der Waals surface area contributed by atoms with E-state index in [0.29, 0.717) is 0 Å². The zero-order valence-electron chi connectivity index (χ0n) is 8.58. The molecule has 0 aliphatic carbocycles. The lowest BCUT2D eigenvalue weighted by atomic mass is 10.1. The molecule has 0 spiro atoms. The van der Waals surface area contributed by atoms with Gasteiger partial charge in [-0.15, -0.1) is 0 Å². The Bertz CT molecular complexity index is 530. The number of nitrogens with one attached hydrogen (secondary N) is 1. The molecule has 3 nitrogen and oxygen atoms in total. The Hall–Kier alpha value is 0.110. The van der Waals surface area contributed by atoms with Crippen molar-refractivity contribution in [3.8, 4) is 0 Å². The molecule has 1 aromatic carbocycles. The van der Waals surface area contributed by atoms with Crippen LogP contribution in [0.25, 0.3) is 0 Å². The minimum atomic E-state index is -0.177. The molecule has 90 valence electrons. The molecule has 0 radical (unpaired) electrons. The minimum absolute atomic E-state index is 0.177. The van der Waals surface area contributed by atoms with E-state index in [9.17, 15) is 0 Å². The van der Waals surface area contributed by atoms with Crippen LogP contribution < -0.4 is 11.3 Å². The van der Waals surface area contributed by atoms with Crippen LogP contribution in [0.5, 0.6) is 0 Å². The maximum atomic E-state index is 5.63. The van der Waals surface area contributed by atoms with Crippen LogP contribution in [0.3, 0.4) is 0 Å². The van der Waals surface area contributed by atoms with Crippen LogP contribution in [0.15, 0.2) is 43.9 Å². The molecule has 17 heavy (non-hydrogen) atoms. The van der Waals surface area contributed by atoms with E-state index in [1.165, 1.54) is 0 Å². The molecule has 1 unspecified atom stereocenters. The molecule has 1 heterocycles. The molecule has 0 saturated carbocycles. The highest BCUT2D eigenvalue weighted by Gasteiger charge is 2.21. The van der Waals surface area contributed by atoms with Crippen molar-refractivity contribution in [3.05, 3.63) is 54.4 Å². The second kappa shape index (κ2) is 5.83. The van der Waals surface area contributed by atoms with Crippen LogP contribution in [-0.2, 0) is 0 Å². The first-order chi connectivity index (χ1) is 8.13. The van der Waals surface area contributed by atoms with Gasteiger partial charge in [-0.25, -0.2) is 5.43 Å². The number of hydrazine groups is 1. The monoisotopic (exact) mass is 470 g/mol. The molecule has 0 fully saturated rings. The van der Waals surface area contributed by atoms with Crippen LogP contribution >= 0.6 is 54.5 Å². The number of hydrogen-bond donors (Lipinski definition) is 2. The maximum Gasteiger partial charge on any atom is 0.140 e. The fourth-order valence-corrected chi connectivity index (χ4v) is 3.01. The summed E-state index contributed by atoms with van der Waals surface area (Å²) < 4.78 is 8.49. The predicted octanol–water partition coefficient (Wildman–Crippen LogP) is 3.96. The third kappa shape index (κ3) is 2.93. The van der Waals surface area contributed by atoms with Crippen LogP contribution in [0.4, 0.5) is 0 Å². The van der Waals surface area contributed by atoms with E-state index in [4.69, 9.17) is 10.3 Å². The third-order valence-electron chi connectivity index (χ3n) is 2.34. The summed E-state index contributed by atoms with van der Waals surface area (Å²) in [6, 6.07) is 7.73. The summed E-state index contributed by atoms with van der Waals surface area (Å²) in [5.41, 5.74) is 3.85. The van der Waals surface area contributed by atoms with Gasteiger partial charge in [0.2, 0.25) is 0 Å². The highest BCUT2D eigenvalue weighted by molar-refractivity contribution is 14.1. The van der Waals surface area contributed by atoms with Crippen LogP contribution in [-0.4, -0.2) is 0 Å². The Morgan fingerprint density at radius 3 is 2.65 bits per heavy atom. The molecular formula is C11H9Br2IN2O. The lowest BCUT2D eigenvalue weighted by Gasteiger charge is -2.16. The fraction of sp³-hybridized carbons (Fsp3) is 0.0909. The summed E-state index contributed by atoms with van der Waals surface area (Å²) in [4.78, 5) is 0. The molecule has 3 N–H and O–H groups in total. The average molecular weight is 472 g/mol. The van der Waals surface area contributed by atoms with Crippen LogP contribution in [0, 0.1) is 3.57 Å². The molecule has 1 aromatic heterocycles. The summed E-state index contributed by atoms with van der Waals surface area (Å²) in [5, 5.41) is 0. The molecule has 0 bridgehead atoms. The minimum Gasteiger partial charge on any atom is -0.466 e. The number of furan rings is 1. The number of benzene rings is 1. The molecule has 0 saturated heterocycles. The van der Waals surface area contributed by atoms with Crippen molar-refractivity contribution in [1.29, 1.82) is 0 Å². The van der Waals surface area contributed by atoms with Gasteiger partial charge in [0.15, 0.2) is 0 Å². The summed E-state index contributed by atoms with van der Waals surface area (Å²) in [5.74, 6) is 6.40. The van der Waals surface area contributed by atoms with Gasteiger partial charge in [-0.3, -0.25) is 5.84 Å². The molecular weight excluding hydrogens is 463 g/mol.